The highest BCUT2D eigenvalue weighted by atomic mass is 16.5. The summed E-state index contributed by atoms with van der Waals surface area (Å²) >= 11 is 0. The summed E-state index contributed by atoms with van der Waals surface area (Å²) in [5.74, 6) is 0.855. The van der Waals surface area contributed by atoms with Crippen molar-refractivity contribution in [2.45, 2.75) is 33.4 Å². The molecule has 0 aliphatic heterocycles. The normalized spacial score (nSPS) is 11.8. The zero-order valence-corrected chi connectivity index (χ0v) is 16.0. The van der Waals surface area contributed by atoms with Crippen LogP contribution < -0.4 is 15.6 Å². The predicted molar refractivity (Wildman–Crippen MR) is 102 cm³/mol. The van der Waals surface area contributed by atoms with E-state index < -0.39 is 6.10 Å². The summed E-state index contributed by atoms with van der Waals surface area (Å²) in [6.07, 6.45) is 2.21. The van der Waals surface area contributed by atoms with E-state index in [-0.39, 0.29) is 24.6 Å². The maximum Gasteiger partial charge on any atom is 0.266 e. The van der Waals surface area contributed by atoms with E-state index in [4.69, 9.17) is 4.74 Å². The quantitative estimate of drug-likeness (QED) is 0.654. The molecule has 1 atom stereocenters. The fourth-order valence-corrected chi connectivity index (χ4v) is 2.73. The first-order valence-electron chi connectivity index (χ1n) is 8.88. The second-order valence-corrected chi connectivity index (χ2v) is 6.47. The molecule has 2 heterocycles. The molecular weight excluding hydrogens is 360 g/mol. The Bertz CT molecular complexity index is 993. The van der Waals surface area contributed by atoms with Crippen molar-refractivity contribution in [3.05, 3.63) is 64.5 Å². The number of amides is 1. The number of hydrogen-bond acceptors (Lipinski definition) is 6. The molecule has 0 aliphatic rings. The fourth-order valence-electron chi connectivity index (χ4n) is 2.73. The van der Waals surface area contributed by atoms with Crippen molar-refractivity contribution >= 4 is 5.91 Å². The molecule has 1 amide bonds. The molecule has 9 nitrogen and oxygen atoms in total. The topological polar surface area (TPSA) is 104 Å². The lowest BCUT2D eigenvalue weighted by Gasteiger charge is -2.16. The first-order chi connectivity index (χ1) is 13.4. The second-order valence-electron chi connectivity index (χ2n) is 6.47. The molecule has 0 spiro atoms. The monoisotopic (exact) mass is 382 g/mol. The summed E-state index contributed by atoms with van der Waals surface area (Å²) in [7, 11) is 0. The van der Waals surface area contributed by atoms with Gasteiger partial charge in [0.1, 0.15) is 18.4 Å². The van der Waals surface area contributed by atoms with Crippen LogP contribution >= 0.6 is 0 Å². The number of hydrogen-bond donors (Lipinski definition) is 1. The van der Waals surface area contributed by atoms with Gasteiger partial charge >= 0.3 is 0 Å². The molecule has 0 aliphatic carbocycles. The second kappa shape index (κ2) is 8.47. The molecule has 1 unspecified atom stereocenters. The Balaban J connectivity index is 1.56. The van der Waals surface area contributed by atoms with E-state index in [0.29, 0.717) is 11.6 Å². The minimum Gasteiger partial charge on any atom is -0.481 e. The van der Waals surface area contributed by atoms with E-state index in [2.05, 4.69) is 20.5 Å². The smallest absolute Gasteiger partial charge is 0.266 e. The summed E-state index contributed by atoms with van der Waals surface area (Å²) < 4.78 is 8.44. The van der Waals surface area contributed by atoms with Crippen molar-refractivity contribution in [1.29, 1.82) is 0 Å². The average molecular weight is 382 g/mol. The van der Waals surface area contributed by atoms with Gasteiger partial charge in [0, 0.05) is 12.6 Å². The van der Waals surface area contributed by atoms with Gasteiger partial charge in [0.05, 0.1) is 6.54 Å². The highest BCUT2D eigenvalue weighted by molar-refractivity contribution is 5.80. The minimum absolute atomic E-state index is 0.226. The third-order valence-corrected chi connectivity index (χ3v) is 4.01. The van der Waals surface area contributed by atoms with E-state index in [1.54, 1.807) is 13.0 Å². The average Bonchev–Trinajstić information content (AvgIpc) is 3.17. The van der Waals surface area contributed by atoms with E-state index >= 15 is 0 Å². The molecule has 0 bridgehead atoms. The number of nitrogens with zero attached hydrogens (tertiary/aromatic N) is 5. The van der Waals surface area contributed by atoms with Crippen LogP contribution in [0.2, 0.25) is 0 Å². The zero-order valence-electron chi connectivity index (χ0n) is 16.0. The molecule has 146 valence electrons. The number of benzene rings is 1. The molecule has 0 saturated carbocycles. The maximum absolute atomic E-state index is 12.3. The third-order valence-electron chi connectivity index (χ3n) is 4.01. The first-order valence-corrected chi connectivity index (χ1v) is 8.88. The van der Waals surface area contributed by atoms with Crippen molar-refractivity contribution in [3.63, 3.8) is 0 Å². The summed E-state index contributed by atoms with van der Waals surface area (Å²) in [5.41, 5.74) is 1.87. The van der Waals surface area contributed by atoms with E-state index in [1.807, 2.05) is 32.0 Å². The van der Waals surface area contributed by atoms with Crippen molar-refractivity contribution in [2.75, 3.05) is 6.54 Å². The number of nitrogens with one attached hydrogen (secondary N) is 1. The molecule has 0 saturated heterocycles. The van der Waals surface area contributed by atoms with Gasteiger partial charge < -0.3 is 10.1 Å². The molecular formula is C19H22N6O3. The largest absolute Gasteiger partial charge is 0.481 e. The Morgan fingerprint density at radius 1 is 1.21 bits per heavy atom. The van der Waals surface area contributed by atoms with Crippen molar-refractivity contribution in [1.82, 2.24) is 29.9 Å². The lowest BCUT2D eigenvalue weighted by atomic mass is 10.1. The summed E-state index contributed by atoms with van der Waals surface area (Å²) in [6, 6.07) is 8.77. The molecule has 0 radical (unpaired) electrons. The van der Waals surface area contributed by atoms with E-state index in [1.165, 1.54) is 28.1 Å². The lowest BCUT2D eigenvalue weighted by molar-refractivity contribution is -0.127. The van der Waals surface area contributed by atoms with Gasteiger partial charge in [-0.3, -0.25) is 9.59 Å². The molecule has 3 aromatic rings. The molecule has 3 rings (SSSR count). The van der Waals surface area contributed by atoms with E-state index in [9.17, 15) is 9.59 Å². The van der Waals surface area contributed by atoms with Crippen LogP contribution in [0.3, 0.4) is 0 Å². The number of aryl methyl sites for hydroxylation is 2. The van der Waals surface area contributed by atoms with Gasteiger partial charge in [0.2, 0.25) is 0 Å². The Labute approximate surface area is 162 Å². The number of aromatic nitrogens is 5. The molecule has 1 N–H and O–H groups in total. The van der Waals surface area contributed by atoms with Gasteiger partial charge in [-0.15, -0.1) is 5.10 Å². The molecule has 0 fully saturated rings. The number of carbonyl (C=O) groups excluding carboxylic acids is 1. The van der Waals surface area contributed by atoms with E-state index in [0.717, 1.165) is 11.1 Å². The van der Waals surface area contributed by atoms with Gasteiger partial charge in [0.25, 0.3) is 11.5 Å². The third kappa shape index (κ3) is 4.81. The van der Waals surface area contributed by atoms with Crippen LogP contribution in [0.4, 0.5) is 0 Å². The lowest BCUT2D eigenvalue weighted by Crippen LogP contribution is -2.39. The summed E-state index contributed by atoms with van der Waals surface area (Å²) in [4.78, 5) is 28.1. The van der Waals surface area contributed by atoms with Crippen LogP contribution in [0.15, 0.2) is 47.8 Å². The summed E-state index contributed by atoms with van der Waals surface area (Å²) in [6.45, 7) is 6.10. The van der Waals surface area contributed by atoms with Crippen LogP contribution in [0, 0.1) is 13.8 Å². The van der Waals surface area contributed by atoms with Crippen LogP contribution in [-0.2, 0) is 11.3 Å². The van der Waals surface area contributed by atoms with Gasteiger partial charge in [-0.1, -0.05) is 6.07 Å². The van der Waals surface area contributed by atoms with Gasteiger partial charge in [-0.2, -0.15) is 5.10 Å². The zero-order chi connectivity index (χ0) is 20.1. The maximum atomic E-state index is 12.3. The number of ether oxygens (including phenoxy) is 1. The summed E-state index contributed by atoms with van der Waals surface area (Å²) in [5, 5.41) is 11.0. The van der Waals surface area contributed by atoms with Crippen LogP contribution in [0.1, 0.15) is 18.1 Å². The SMILES string of the molecule is Cc1cc(C)cc(OC(C)C(=O)NCCn2nc(-n3cncn3)ccc2=O)c1. The molecule has 9 heteroatoms. The van der Waals surface area contributed by atoms with Gasteiger partial charge in [0.15, 0.2) is 11.9 Å². The first kappa shape index (κ1) is 19.3. The molecule has 1 aromatic carbocycles. The standard InChI is InChI=1S/C19H22N6O3/c1-13-8-14(2)10-16(9-13)28-15(3)19(27)21-6-7-24-18(26)5-4-17(23-24)25-12-20-11-22-25/h4-5,8-12,15H,6-7H2,1-3H3,(H,21,27). The minimum atomic E-state index is -0.660. The van der Waals surface area contributed by atoms with Crippen molar-refractivity contribution in [2.24, 2.45) is 0 Å². The fraction of sp³-hybridized carbons (Fsp3) is 0.316. The van der Waals surface area contributed by atoms with Gasteiger partial charge in [-0.25, -0.2) is 14.3 Å². The highest BCUT2D eigenvalue weighted by Crippen LogP contribution is 2.17. The molecule has 28 heavy (non-hydrogen) atoms. The van der Waals surface area contributed by atoms with Crippen LogP contribution in [0.5, 0.6) is 5.75 Å². The molecule has 2 aromatic heterocycles. The van der Waals surface area contributed by atoms with Crippen molar-refractivity contribution < 1.29 is 9.53 Å². The Morgan fingerprint density at radius 2 is 1.96 bits per heavy atom. The number of rotatable bonds is 7. The van der Waals surface area contributed by atoms with Crippen LogP contribution in [0.25, 0.3) is 5.82 Å². The number of carbonyl (C=O) groups is 1. The van der Waals surface area contributed by atoms with Crippen molar-refractivity contribution in [3.8, 4) is 11.6 Å². The Hall–Kier alpha value is -3.49. The Morgan fingerprint density at radius 3 is 2.64 bits per heavy atom. The van der Waals surface area contributed by atoms with Gasteiger partial charge in [-0.05, 0) is 50.1 Å². The van der Waals surface area contributed by atoms with Crippen LogP contribution in [-0.4, -0.2) is 43.1 Å². The highest BCUT2D eigenvalue weighted by Gasteiger charge is 2.14. The Kier molecular flexibility index (Phi) is 5.83. The predicted octanol–water partition coefficient (Wildman–Crippen LogP) is 1.02.